The zero-order valence-corrected chi connectivity index (χ0v) is 13.9. The molecule has 6 heteroatoms. The van der Waals surface area contributed by atoms with E-state index < -0.39 is 11.7 Å². The van der Waals surface area contributed by atoms with Crippen molar-refractivity contribution in [1.82, 2.24) is 4.98 Å². The Morgan fingerprint density at radius 3 is 2.42 bits per heavy atom. The maximum atomic E-state index is 12.7. The SMILES string of the molecule is C=CC(=O)Nc1ccc2c(C)cc(-c3ccc(C(F)(F)F)cc3)nc2c1. The number of aromatic nitrogens is 1. The number of nitrogens with one attached hydrogen (secondary N) is 1. The molecule has 0 saturated heterocycles. The molecule has 0 spiro atoms. The minimum Gasteiger partial charge on any atom is -0.322 e. The molecule has 1 amide bonds. The first-order valence-electron chi connectivity index (χ1n) is 7.80. The zero-order valence-electron chi connectivity index (χ0n) is 13.9. The molecule has 0 fully saturated rings. The number of alkyl halides is 3. The second kappa shape index (κ2) is 6.63. The molecule has 26 heavy (non-hydrogen) atoms. The van der Waals surface area contributed by atoms with E-state index in [0.29, 0.717) is 22.5 Å². The molecule has 1 aromatic heterocycles. The highest BCUT2D eigenvalue weighted by molar-refractivity contribution is 6.00. The van der Waals surface area contributed by atoms with E-state index in [9.17, 15) is 18.0 Å². The lowest BCUT2D eigenvalue weighted by Crippen LogP contribution is -2.07. The largest absolute Gasteiger partial charge is 0.416 e. The molecule has 1 heterocycles. The Kier molecular flexibility index (Phi) is 4.50. The first kappa shape index (κ1) is 17.7. The van der Waals surface area contributed by atoms with E-state index in [1.807, 2.05) is 19.1 Å². The number of carbonyl (C=O) groups excluding carboxylic acids is 1. The van der Waals surface area contributed by atoms with E-state index in [1.165, 1.54) is 18.2 Å². The molecule has 0 bridgehead atoms. The van der Waals surface area contributed by atoms with Crippen LogP contribution in [0.4, 0.5) is 18.9 Å². The molecule has 132 valence electrons. The normalized spacial score (nSPS) is 11.4. The van der Waals surface area contributed by atoms with Crippen molar-refractivity contribution < 1.29 is 18.0 Å². The standard InChI is InChI=1S/C20H15F3N2O/c1-3-19(26)24-15-8-9-16-12(2)10-17(25-18(16)11-15)13-4-6-14(7-5-13)20(21,22)23/h3-11H,1H2,2H3,(H,24,26). The summed E-state index contributed by atoms with van der Waals surface area (Å²) < 4.78 is 38.1. The molecule has 3 aromatic rings. The summed E-state index contributed by atoms with van der Waals surface area (Å²) in [5.41, 5.74) is 2.60. The van der Waals surface area contributed by atoms with E-state index in [0.717, 1.165) is 23.1 Å². The molecule has 1 N–H and O–H groups in total. The topological polar surface area (TPSA) is 42.0 Å². The van der Waals surface area contributed by atoms with Crippen molar-refractivity contribution in [2.45, 2.75) is 13.1 Å². The number of carbonyl (C=O) groups is 1. The summed E-state index contributed by atoms with van der Waals surface area (Å²) in [5.74, 6) is -0.333. The van der Waals surface area contributed by atoms with Crippen molar-refractivity contribution in [3.63, 3.8) is 0 Å². The highest BCUT2D eigenvalue weighted by Crippen LogP contribution is 2.31. The Bertz CT molecular complexity index is 992. The van der Waals surface area contributed by atoms with Crippen molar-refractivity contribution in [2.75, 3.05) is 5.32 Å². The first-order valence-corrected chi connectivity index (χ1v) is 7.80. The van der Waals surface area contributed by atoms with Crippen LogP contribution in [0.3, 0.4) is 0 Å². The third kappa shape index (κ3) is 3.59. The lowest BCUT2D eigenvalue weighted by molar-refractivity contribution is -0.137. The van der Waals surface area contributed by atoms with Gasteiger partial charge < -0.3 is 5.32 Å². The van der Waals surface area contributed by atoms with Gasteiger partial charge in [0.1, 0.15) is 0 Å². The van der Waals surface area contributed by atoms with Gasteiger partial charge in [0.2, 0.25) is 5.91 Å². The van der Waals surface area contributed by atoms with Gasteiger partial charge in [-0.1, -0.05) is 24.8 Å². The van der Waals surface area contributed by atoms with Crippen LogP contribution in [-0.2, 0) is 11.0 Å². The monoisotopic (exact) mass is 356 g/mol. The molecule has 3 nitrogen and oxygen atoms in total. The smallest absolute Gasteiger partial charge is 0.322 e. The molecular weight excluding hydrogens is 341 g/mol. The molecule has 0 radical (unpaired) electrons. The maximum Gasteiger partial charge on any atom is 0.416 e. The average molecular weight is 356 g/mol. The molecule has 0 saturated carbocycles. The number of halogens is 3. The third-order valence-corrected chi connectivity index (χ3v) is 3.98. The molecule has 0 aliphatic rings. The summed E-state index contributed by atoms with van der Waals surface area (Å²) in [4.78, 5) is 16.0. The molecule has 0 atom stereocenters. The maximum absolute atomic E-state index is 12.7. The van der Waals surface area contributed by atoms with Crippen molar-refractivity contribution in [2.24, 2.45) is 0 Å². The summed E-state index contributed by atoms with van der Waals surface area (Å²) in [5, 5.41) is 3.56. The van der Waals surface area contributed by atoms with Crippen molar-refractivity contribution in [3.05, 3.63) is 72.3 Å². The van der Waals surface area contributed by atoms with Crippen LogP contribution in [-0.4, -0.2) is 10.9 Å². The number of rotatable bonds is 3. The number of aryl methyl sites for hydroxylation is 1. The van der Waals surface area contributed by atoms with Gasteiger partial charge in [0, 0.05) is 16.6 Å². The van der Waals surface area contributed by atoms with Gasteiger partial charge in [-0.3, -0.25) is 4.79 Å². The number of nitrogens with zero attached hydrogens (tertiary/aromatic N) is 1. The van der Waals surface area contributed by atoms with Crippen molar-refractivity contribution in [3.8, 4) is 11.3 Å². The zero-order chi connectivity index (χ0) is 18.9. The van der Waals surface area contributed by atoms with Crippen LogP contribution in [0.1, 0.15) is 11.1 Å². The number of hydrogen-bond acceptors (Lipinski definition) is 2. The predicted octanol–water partition coefficient (Wildman–Crippen LogP) is 5.35. The van der Waals surface area contributed by atoms with Crippen LogP contribution < -0.4 is 5.32 Å². The number of fused-ring (bicyclic) bond motifs is 1. The highest BCUT2D eigenvalue weighted by atomic mass is 19.4. The Balaban J connectivity index is 2.03. The number of pyridine rings is 1. The summed E-state index contributed by atoms with van der Waals surface area (Å²) in [6.45, 7) is 5.31. The quantitative estimate of drug-likeness (QED) is 0.643. The summed E-state index contributed by atoms with van der Waals surface area (Å²) >= 11 is 0. The van der Waals surface area contributed by atoms with Crippen LogP contribution in [0.25, 0.3) is 22.2 Å². The van der Waals surface area contributed by atoms with Gasteiger partial charge in [-0.05, 0) is 48.9 Å². The Morgan fingerprint density at radius 2 is 1.81 bits per heavy atom. The van der Waals surface area contributed by atoms with Crippen LogP contribution in [0.15, 0.2) is 61.2 Å². The second-order valence-corrected chi connectivity index (χ2v) is 5.82. The lowest BCUT2D eigenvalue weighted by atomic mass is 10.0. The van der Waals surface area contributed by atoms with Gasteiger partial charge in [-0.15, -0.1) is 0 Å². The van der Waals surface area contributed by atoms with E-state index >= 15 is 0 Å². The minimum absolute atomic E-state index is 0.333. The first-order chi connectivity index (χ1) is 12.3. The molecule has 2 aromatic carbocycles. The van der Waals surface area contributed by atoms with Crippen molar-refractivity contribution >= 4 is 22.5 Å². The molecule has 0 unspecified atom stereocenters. The van der Waals surface area contributed by atoms with Crippen molar-refractivity contribution in [1.29, 1.82) is 0 Å². The van der Waals surface area contributed by atoms with Crippen LogP contribution in [0.5, 0.6) is 0 Å². The third-order valence-electron chi connectivity index (χ3n) is 3.98. The van der Waals surface area contributed by atoms with Gasteiger partial charge in [-0.25, -0.2) is 4.98 Å². The lowest BCUT2D eigenvalue weighted by Gasteiger charge is -2.10. The predicted molar refractivity (Wildman–Crippen MR) is 95.7 cm³/mol. The fraction of sp³-hybridized carbons (Fsp3) is 0.100. The summed E-state index contributed by atoms with van der Waals surface area (Å²) in [6.07, 6.45) is -3.20. The summed E-state index contributed by atoms with van der Waals surface area (Å²) in [6, 6.07) is 12.0. The van der Waals surface area contributed by atoms with Gasteiger partial charge in [0.05, 0.1) is 16.8 Å². The number of amides is 1. The second-order valence-electron chi connectivity index (χ2n) is 5.82. The van der Waals surface area contributed by atoms with Gasteiger partial charge >= 0.3 is 6.18 Å². The molecule has 0 aliphatic carbocycles. The van der Waals surface area contributed by atoms with E-state index in [2.05, 4.69) is 16.9 Å². The van der Waals surface area contributed by atoms with E-state index in [4.69, 9.17) is 0 Å². The number of anilines is 1. The van der Waals surface area contributed by atoms with E-state index in [1.54, 1.807) is 12.1 Å². The summed E-state index contributed by atoms with van der Waals surface area (Å²) in [7, 11) is 0. The van der Waals surface area contributed by atoms with Gasteiger partial charge in [-0.2, -0.15) is 13.2 Å². The van der Waals surface area contributed by atoms with Crippen LogP contribution in [0.2, 0.25) is 0 Å². The average Bonchev–Trinajstić information content (AvgIpc) is 2.60. The number of benzene rings is 2. The molecule has 0 aliphatic heterocycles. The fourth-order valence-corrected chi connectivity index (χ4v) is 2.65. The van der Waals surface area contributed by atoms with E-state index in [-0.39, 0.29) is 5.91 Å². The number of hydrogen-bond donors (Lipinski definition) is 1. The Morgan fingerprint density at radius 1 is 1.12 bits per heavy atom. The van der Waals surface area contributed by atoms with Gasteiger partial charge in [0.25, 0.3) is 0 Å². The van der Waals surface area contributed by atoms with Gasteiger partial charge in [0.15, 0.2) is 0 Å². The van der Waals surface area contributed by atoms with Crippen LogP contribution in [0, 0.1) is 6.92 Å². The fourth-order valence-electron chi connectivity index (χ4n) is 2.65. The van der Waals surface area contributed by atoms with Crippen LogP contribution >= 0.6 is 0 Å². The molecular formula is C20H15F3N2O. The Labute approximate surface area is 148 Å². The highest BCUT2D eigenvalue weighted by Gasteiger charge is 2.30. The Hall–Kier alpha value is -3.15. The molecule has 3 rings (SSSR count). The minimum atomic E-state index is -4.37.